The third-order valence-electron chi connectivity index (χ3n) is 3.73. The predicted molar refractivity (Wildman–Crippen MR) is 95.2 cm³/mol. The summed E-state index contributed by atoms with van der Waals surface area (Å²) in [6, 6.07) is 11.8. The van der Waals surface area contributed by atoms with E-state index in [0.717, 1.165) is 6.07 Å². The second-order valence-corrected chi connectivity index (χ2v) is 5.99. The smallest absolute Gasteiger partial charge is 0.423 e. The summed E-state index contributed by atoms with van der Waals surface area (Å²) in [4.78, 5) is 21.9. The van der Waals surface area contributed by atoms with Crippen LogP contribution in [0.15, 0.2) is 59.0 Å². The van der Waals surface area contributed by atoms with Gasteiger partial charge in [0.05, 0.1) is 9.95 Å². The number of amides is 1. The average Bonchev–Trinajstić information content (AvgIpc) is 3.11. The molecule has 0 atom stereocenters. The van der Waals surface area contributed by atoms with Crippen molar-refractivity contribution < 1.29 is 27.3 Å². The number of hydrogen-bond acceptors (Lipinski definition) is 4. The predicted octanol–water partition coefficient (Wildman–Crippen LogP) is 5.78. The van der Waals surface area contributed by atoms with Gasteiger partial charge in [-0.2, -0.15) is 13.2 Å². The van der Waals surface area contributed by atoms with Crippen LogP contribution in [-0.4, -0.2) is 10.8 Å². The molecular weight excluding hydrogens is 401 g/mol. The molecule has 3 aromatic rings. The minimum Gasteiger partial charge on any atom is -0.451 e. The van der Waals surface area contributed by atoms with E-state index in [0.29, 0.717) is 28.5 Å². The number of benzene rings is 2. The Morgan fingerprint density at radius 2 is 1.82 bits per heavy atom. The minimum absolute atomic E-state index is 0.165. The van der Waals surface area contributed by atoms with Crippen molar-refractivity contribution in [2.75, 3.05) is 5.32 Å². The lowest BCUT2D eigenvalue weighted by Crippen LogP contribution is -2.13. The van der Waals surface area contributed by atoms with Crippen LogP contribution in [0, 0.1) is 10.1 Å². The fraction of sp³-hybridized carbons (Fsp3) is 0.0556. The maximum atomic E-state index is 13.0. The van der Waals surface area contributed by atoms with E-state index >= 15 is 0 Å². The van der Waals surface area contributed by atoms with E-state index < -0.39 is 28.3 Å². The molecule has 2 aromatic carbocycles. The standard InChI is InChI=1S/C18H10ClF3N2O4/c19-13-4-2-1-3-11(13)15-7-8-16(28-15)17(25)23-10-5-6-14(24(26)27)12(9-10)18(20,21)22/h1-9H,(H,23,25). The Bertz CT molecular complexity index is 1060. The second-order valence-electron chi connectivity index (χ2n) is 5.58. The average molecular weight is 411 g/mol. The molecule has 0 unspecified atom stereocenters. The van der Waals surface area contributed by atoms with Crippen molar-refractivity contribution in [1.29, 1.82) is 0 Å². The molecule has 0 bridgehead atoms. The molecule has 28 heavy (non-hydrogen) atoms. The molecule has 0 fully saturated rings. The van der Waals surface area contributed by atoms with Crippen molar-refractivity contribution in [3.05, 3.63) is 81.1 Å². The van der Waals surface area contributed by atoms with Gasteiger partial charge < -0.3 is 9.73 Å². The summed E-state index contributed by atoms with van der Waals surface area (Å²) in [6.07, 6.45) is -4.95. The molecule has 0 saturated carbocycles. The highest BCUT2D eigenvalue weighted by molar-refractivity contribution is 6.33. The number of halogens is 4. The fourth-order valence-corrected chi connectivity index (χ4v) is 2.69. The van der Waals surface area contributed by atoms with Gasteiger partial charge in [0.1, 0.15) is 11.3 Å². The summed E-state index contributed by atoms with van der Waals surface area (Å²) >= 11 is 6.06. The topological polar surface area (TPSA) is 85.4 Å². The monoisotopic (exact) mass is 410 g/mol. The highest BCUT2D eigenvalue weighted by Crippen LogP contribution is 2.37. The van der Waals surface area contributed by atoms with Gasteiger partial charge in [-0.3, -0.25) is 14.9 Å². The Kier molecular flexibility index (Phi) is 5.10. The number of alkyl halides is 3. The number of nitrogens with one attached hydrogen (secondary N) is 1. The number of furan rings is 1. The van der Waals surface area contributed by atoms with Crippen LogP contribution < -0.4 is 5.32 Å². The maximum absolute atomic E-state index is 13.0. The van der Waals surface area contributed by atoms with Gasteiger partial charge in [-0.1, -0.05) is 23.7 Å². The number of carbonyl (C=O) groups excluding carboxylic acids is 1. The van der Waals surface area contributed by atoms with Gasteiger partial charge >= 0.3 is 6.18 Å². The van der Waals surface area contributed by atoms with Crippen molar-refractivity contribution in [3.63, 3.8) is 0 Å². The SMILES string of the molecule is O=C(Nc1ccc([N+](=O)[O-])c(C(F)(F)F)c1)c1ccc(-c2ccccc2Cl)o1. The van der Waals surface area contributed by atoms with Gasteiger partial charge in [0.25, 0.3) is 11.6 Å². The molecule has 3 rings (SSSR count). The lowest BCUT2D eigenvalue weighted by Gasteiger charge is -2.10. The summed E-state index contributed by atoms with van der Waals surface area (Å²) in [5.74, 6) is -0.683. The van der Waals surface area contributed by atoms with Gasteiger partial charge in [-0.25, -0.2) is 0 Å². The van der Waals surface area contributed by atoms with Crippen LogP contribution >= 0.6 is 11.6 Å². The molecule has 0 aliphatic carbocycles. The van der Waals surface area contributed by atoms with Crippen molar-refractivity contribution in [1.82, 2.24) is 0 Å². The Labute approximate surface area is 160 Å². The first-order chi connectivity index (χ1) is 13.2. The van der Waals surface area contributed by atoms with E-state index in [-0.39, 0.29) is 11.4 Å². The third-order valence-corrected chi connectivity index (χ3v) is 4.06. The van der Waals surface area contributed by atoms with Crippen molar-refractivity contribution >= 4 is 28.9 Å². The number of rotatable bonds is 4. The molecule has 1 aromatic heterocycles. The molecular formula is C18H10ClF3N2O4. The summed E-state index contributed by atoms with van der Waals surface area (Å²) in [7, 11) is 0. The van der Waals surface area contributed by atoms with Crippen molar-refractivity contribution in [2.45, 2.75) is 6.18 Å². The number of nitrogens with zero attached hydrogens (tertiary/aromatic N) is 1. The molecule has 0 aliphatic heterocycles. The van der Waals surface area contributed by atoms with Crippen LogP contribution in [0.2, 0.25) is 5.02 Å². The lowest BCUT2D eigenvalue weighted by atomic mass is 10.1. The second kappa shape index (κ2) is 7.35. The third kappa shape index (κ3) is 3.99. The number of nitro groups is 1. The first kappa shape index (κ1) is 19.4. The van der Waals surface area contributed by atoms with Crippen LogP contribution in [0.3, 0.4) is 0 Å². The number of nitro benzene ring substituents is 1. The summed E-state index contributed by atoms with van der Waals surface area (Å²) < 4.78 is 44.5. The zero-order valence-corrected chi connectivity index (χ0v) is 14.5. The molecule has 144 valence electrons. The number of carbonyl (C=O) groups is 1. The van der Waals surface area contributed by atoms with Crippen LogP contribution in [0.4, 0.5) is 24.5 Å². The van der Waals surface area contributed by atoms with Crippen LogP contribution in [-0.2, 0) is 6.18 Å². The van der Waals surface area contributed by atoms with Crippen molar-refractivity contribution in [3.8, 4) is 11.3 Å². The summed E-state index contributed by atoms with van der Waals surface area (Å²) in [6.45, 7) is 0. The highest BCUT2D eigenvalue weighted by atomic mass is 35.5. The van der Waals surface area contributed by atoms with E-state index in [9.17, 15) is 28.1 Å². The van der Waals surface area contributed by atoms with E-state index in [1.165, 1.54) is 12.1 Å². The molecule has 10 heteroatoms. The zero-order chi connectivity index (χ0) is 20.5. The number of anilines is 1. The van der Waals surface area contributed by atoms with Gasteiger partial charge in [-0.05, 0) is 36.4 Å². The van der Waals surface area contributed by atoms with Gasteiger partial charge in [0, 0.05) is 17.3 Å². The van der Waals surface area contributed by atoms with Crippen LogP contribution in [0.25, 0.3) is 11.3 Å². The highest BCUT2D eigenvalue weighted by Gasteiger charge is 2.38. The van der Waals surface area contributed by atoms with Gasteiger partial charge in [0.15, 0.2) is 5.76 Å². The Morgan fingerprint density at radius 1 is 1.11 bits per heavy atom. The summed E-state index contributed by atoms with van der Waals surface area (Å²) in [5, 5.41) is 13.4. The normalized spacial score (nSPS) is 11.3. The molecule has 1 heterocycles. The van der Waals surface area contributed by atoms with Crippen LogP contribution in [0.1, 0.15) is 16.1 Å². The quantitative estimate of drug-likeness (QED) is 0.436. The Hall–Kier alpha value is -3.33. The largest absolute Gasteiger partial charge is 0.451 e. The molecule has 1 amide bonds. The first-order valence-corrected chi connectivity index (χ1v) is 8.06. The Morgan fingerprint density at radius 3 is 2.46 bits per heavy atom. The minimum atomic E-state index is -4.95. The van der Waals surface area contributed by atoms with Crippen molar-refractivity contribution in [2.24, 2.45) is 0 Å². The molecule has 0 aliphatic rings. The molecule has 0 spiro atoms. The molecule has 0 saturated heterocycles. The van der Waals surface area contributed by atoms with Gasteiger partial charge in [0.2, 0.25) is 0 Å². The van der Waals surface area contributed by atoms with E-state index in [1.807, 2.05) is 0 Å². The number of hydrogen-bond donors (Lipinski definition) is 1. The van der Waals surface area contributed by atoms with E-state index in [4.69, 9.17) is 16.0 Å². The molecule has 0 radical (unpaired) electrons. The Balaban J connectivity index is 1.86. The lowest BCUT2D eigenvalue weighted by molar-refractivity contribution is -0.388. The van der Waals surface area contributed by atoms with E-state index in [1.54, 1.807) is 24.3 Å². The van der Waals surface area contributed by atoms with Crippen LogP contribution in [0.5, 0.6) is 0 Å². The maximum Gasteiger partial charge on any atom is 0.423 e. The zero-order valence-electron chi connectivity index (χ0n) is 13.8. The molecule has 6 nitrogen and oxygen atoms in total. The summed E-state index contributed by atoms with van der Waals surface area (Å²) in [5.41, 5.74) is -2.30. The first-order valence-electron chi connectivity index (χ1n) is 7.68. The molecule has 1 N–H and O–H groups in total. The van der Waals surface area contributed by atoms with E-state index in [2.05, 4.69) is 5.32 Å². The fourth-order valence-electron chi connectivity index (χ4n) is 2.46. The van der Waals surface area contributed by atoms with Gasteiger partial charge in [-0.15, -0.1) is 0 Å².